The average Bonchev–Trinajstić information content (AvgIpc) is 2.40. The van der Waals surface area contributed by atoms with Gasteiger partial charge in [-0.3, -0.25) is 0 Å². The normalized spacial score (nSPS) is 10.3. The highest BCUT2D eigenvalue weighted by atomic mass is 79.9. The fraction of sp³-hybridized carbons (Fsp3) is 0.200. The SMILES string of the molecule is COc1ccc(COc2ccc(C)c(F)c2)cc1Br. The largest absolute Gasteiger partial charge is 0.496 e. The molecule has 0 radical (unpaired) electrons. The molecule has 0 saturated heterocycles. The molecule has 0 atom stereocenters. The predicted octanol–water partition coefficient (Wildman–Crippen LogP) is 4.48. The van der Waals surface area contributed by atoms with E-state index in [0.29, 0.717) is 17.9 Å². The van der Waals surface area contributed by atoms with Crippen molar-refractivity contribution >= 4 is 15.9 Å². The molecular weight excluding hydrogens is 311 g/mol. The Morgan fingerprint density at radius 1 is 1.16 bits per heavy atom. The summed E-state index contributed by atoms with van der Waals surface area (Å²) in [5.74, 6) is 1.04. The number of aryl methyl sites for hydroxylation is 1. The van der Waals surface area contributed by atoms with E-state index in [1.807, 2.05) is 18.2 Å². The van der Waals surface area contributed by atoms with Gasteiger partial charge in [0.2, 0.25) is 0 Å². The second kappa shape index (κ2) is 6.06. The van der Waals surface area contributed by atoms with Crippen molar-refractivity contribution in [3.8, 4) is 11.5 Å². The van der Waals surface area contributed by atoms with Crippen LogP contribution in [0.1, 0.15) is 11.1 Å². The molecule has 0 bridgehead atoms. The topological polar surface area (TPSA) is 18.5 Å². The molecule has 0 unspecified atom stereocenters. The Labute approximate surface area is 120 Å². The van der Waals surface area contributed by atoms with Gasteiger partial charge in [-0.2, -0.15) is 0 Å². The van der Waals surface area contributed by atoms with E-state index in [1.54, 1.807) is 26.2 Å². The van der Waals surface area contributed by atoms with Crippen LogP contribution in [-0.2, 0) is 6.61 Å². The van der Waals surface area contributed by atoms with E-state index in [2.05, 4.69) is 15.9 Å². The minimum absolute atomic E-state index is 0.256. The Morgan fingerprint density at radius 2 is 1.95 bits per heavy atom. The molecule has 0 aromatic heterocycles. The number of methoxy groups -OCH3 is 1. The van der Waals surface area contributed by atoms with Gasteiger partial charge in [-0.1, -0.05) is 12.1 Å². The molecule has 2 aromatic carbocycles. The molecule has 0 heterocycles. The lowest BCUT2D eigenvalue weighted by molar-refractivity contribution is 0.304. The summed E-state index contributed by atoms with van der Waals surface area (Å²) in [5, 5.41) is 0. The number of ether oxygens (including phenoxy) is 2. The molecule has 0 aliphatic rings. The lowest BCUT2D eigenvalue weighted by atomic mass is 10.2. The zero-order valence-corrected chi connectivity index (χ0v) is 12.3. The summed E-state index contributed by atoms with van der Waals surface area (Å²) < 4.78 is 24.9. The van der Waals surface area contributed by atoms with Crippen LogP contribution in [0, 0.1) is 12.7 Å². The van der Waals surface area contributed by atoms with Gasteiger partial charge in [-0.15, -0.1) is 0 Å². The molecule has 0 aliphatic heterocycles. The summed E-state index contributed by atoms with van der Waals surface area (Å²) in [7, 11) is 1.62. The number of hydrogen-bond acceptors (Lipinski definition) is 2. The van der Waals surface area contributed by atoms with Crippen LogP contribution in [0.25, 0.3) is 0 Å². The van der Waals surface area contributed by atoms with Crippen LogP contribution in [0.3, 0.4) is 0 Å². The maximum Gasteiger partial charge on any atom is 0.133 e. The third-order valence-corrected chi connectivity index (χ3v) is 3.38. The third kappa shape index (κ3) is 3.47. The minimum Gasteiger partial charge on any atom is -0.496 e. The van der Waals surface area contributed by atoms with E-state index in [-0.39, 0.29) is 5.82 Å². The van der Waals surface area contributed by atoms with Gasteiger partial charge in [-0.25, -0.2) is 4.39 Å². The van der Waals surface area contributed by atoms with Crippen molar-refractivity contribution in [1.29, 1.82) is 0 Å². The van der Waals surface area contributed by atoms with Crippen molar-refractivity contribution in [1.82, 2.24) is 0 Å². The van der Waals surface area contributed by atoms with E-state index in [9.17, 15) is 4.39 Å². The van der Waals surface area contributed by atoms with Crippen molar-refractivity contribution in [2.45, 2.75) is 13.5 Å². The van der Waals surface area contributed by atoms with E-state index in [4.69, 9.17) is 9.47 Å². The van der Waals surface area contributed by atoms with Crippen LogP contribution in [0.5, 0.6) is 11.5 Å². The van der Waals surface area contributed by atoms with Crippen molar-refractivity contribution in [2.75, 3.05) is 7.11 Å². The van der Waals surface area contributed by atoms with Crippen LogP contribution < -0.4 is 9.47 Å². The van der Waals surface area contributed by atoms with E-state index < -0.39 is 0 Å². The Balaban J connectivity index is 2.05. The summed E-state index contributed by atoms with van der Waals surface area (Å²) >= 11 is 3.41. The molecule has 0 amide bonds. The first-order valence-electron chi connectivity index (χ1n) is 5.81. The zero-order valence-electron chi connectivity index (χ0n) is 10.7. The molecule has 0 saturated carbocycles. The Morgan fingerprint density at radius 3 is 2.58 bits per heavy atom. The van der Waals surface area contributed by atoms with Crippen molar-refractivity contribution in [2.24, 2.45) is 0 Å². The quantitative estimate of drug-likeness (QED) is 0.825. The first-order chi connectivity index (χ1) is 9.10. The fourth-order valence-corrected chi connectivity index (χ4v) is 2.22. The van der Waals surface area contributed by atoms with Crippen molar-refractivity contribution in [3.63, 3.8) is 0 Å². The Bertz CT molecular complexity index is 584. The number of halogens is 2. The van der Waals surface area contributed by atoms with Crippen molar-refractivity contribution in [3.05, 3.63) is 57.8 Å². The molecule has 0 spiro atoms. The van der Waals surface area contributed by atoms with Crippen LogP contribution in [0.15, 0.2) is 40.9 Å². The summed E-state index contributed by atoms with van der Waals surface area (Å²) in [4.78, 5) is 0. The smallest absolute Gasteiger partial charge is 0.133 e. The predicted molar refractivity (Wildman–Crippen MR) is 76.2 cm³/mol. The number of rotatable bonds is 4. The van der Waals surface area contributed by atoms with Gasteiger partial charge < -0.3 is 9.47 Å². The van der Waals surface area contributed by atoms with Crippen LogP contribution in [-0.4, -0.2) is 7.11 Å². The summed E-state index contributed by atoms with van der Waals surface area (Å²) in [6, 6.07) is 10.6. The number of benzene rings is 2. The van der Waals surface area contributed by atoms with E-state index in [1.165, 1.54) is 6.07 Å². The first kappa shape index (κ1) is 13.9. The Kier molecular flexibility index (Phi) is 4.43. The van der Waals surface area contributed by atoms with Gasteiger partial charge in [-0.05, 0) is 52.2 Å². The van der Waals surface area contributed by atoms with Gasteiger partial charge >= 0.3 is 0 Å². The maximum absolute atomic E-state index is 13.4. The molecular formula is C15H14BrFO2. The van der Waals surface area contributed by atoms with E-state index in [0.717, 1.165) is 15.8 Å². The molecule has 0 fully saturated rings. The average molecular weight is 325 g/mol. The molecule has 2 rings (SSSR count). The fourth-order valence-electron chi connectivity index (χ4n) is 1.63. The lowest BCUT2D eigenvalue weighted by Gasteiger charge is -2.09. The van der Waals surface area contributed by atoms with Crippen molar-refractivity contribution < 1.29 is 13.9 Å². The molecule has 0 N–H and O–H groups in total. The molecule has 2 nitrogen and oxygen atoms in total. The molecule has 0 aliphatic carbocycles. The molecule has 2 aromatic rings. The third-order valence-electron chi connectivity index (χ3n) is 2.77. The Hall–Kier alpha value is -1.55. The number of hydrogen-bond donors (Lipinski definition) is 0. The monoisotopic (exact) mass is 324 g/mol. The van der Waals surface area contributed by atoms with Crippen LogP contribution >= 0.6 is 15.9 Å². The standard InChI is InChI=1S/C15H14BrFO2/c1-10-3-5-12(8-14(10)17)19-9-11-4-6-15(18-2)13(16)7-11/h3-8H,9H2,1-2H3. The van der Waals surface area contributed by atoms with Crippen LogP contribution in [0.2, 0.25) is 0 Å². The highest BCUT2D eigenvalue weighted by Crippen LogP contribution is 2.26. The van der Waals surface area contributed by atoms with Gasteiger partial charge in [0, 0.05) is 6.07 Å². The zero-order chi connectivity index (χ0) is 13.8. The molecule has 100 valence electrons. The second-order valence-electron chi connectivity index (χ2n) is 4.17. The molecule has 19 heavy (non-hydrogen) atoms. The minimum atomic E-state index is -0.256. The van der Waals surface area contributed by atoms with Gasteiger partial charge in [0.05, 0.1) is 11.6 Å². The summed E-state index contributed by atoms with van der Waals surface area (Å²) in [6.07, 6.45) is 0. The van der Waals surface area contributed by atoms with Gasteiger partial charge in [0.25, 0.3) is 0 Å². The van der Waals surface area contributed by atoms with E-state index >= 15 is 0 Å². The summed E-state index contributed by atoms with van der Waals surface area (Å²) in [6.45, 7) is 2.10. The van der Waals surface area contributed by atoms with Gasteiger partial charge in [0.15, 0.2) is 0 Å². The lowest BCUT2D eigenvalue weighted by Crippen LogP contribution is -1.97. The maximum atomic E-state index is 13.4. The molecule has 4 heteroatoms. The van der Waals surface area contributed by atoms with Crippen LogP contribution in [0.4, 0.5) is 4.39 Å². The first-order valence-corrected chi connectivity index (χ1v) is 6.61. The summed E-state index contributed by atoms with van der Waals surface area (Å²) in [5.41, 5.74) is 1.59. The highest BCUT2D eigenvalue weighted by Gasteiger charge is 2.04. The highest BCUT2D eigenvalue weighted by molar-refractivity contribution is 9.10. The second-order valence-corrected chi connectivity index (χ2v) is 5.02. The van der Waals surface area contributed by atoms with Gasteiger partial charge in [0.1, 0.15) is 23.9 Å².